The Bertz CT molecular complexity index is 1010. The Morgan fingerprint density at radius 1 is 1.31 bits per heavy atom. The van der Waals surface area contributed by atoms with Crippen LogP contribution in [0.2, 0.25) is 0 Å². The van der Waals surface area contributed by atoms with Crippen molar-refractivity contribution in [2.75, 3.05) is 6.54 Å². The van der Waals surface area contributed by atoms with Gasteiger partial charge in [0.2, 0.25) is 0 Å². The normalized spacial score (nSPS) is 17.2. The van der Waals surface area contributed by atoms with Crippen LogP contribution in [0, 0.1) is 12.7 Å². The van der Waals surface area contributed by atoms with E-state index in [4.69, 9.17) is 0 Å². The molecule has 1 unspecified atom stereocenters. The molecule has 1 aliphatic heterocycles. The average molecular weight is 373 g/mol. The van der Waals surface area contributed by atoms with Gasteiger partial charge in [0.05, 0.1) is 5.69 Å². The second-order valence-corrected chi connectivity index (χ2v) is 7.27. The minimum absolute atomic E-state index is 0.258. The zero-order valence-electron chi connectivity index (χ0n) is 14.0. The van der Waals surface area contributed by atoms with Crippen LogP contribution < -0.4 is 0 Å². The smallest absolute Gasteiger partial charge is 0.326 e. The van der Waals surface area contributed by atoms with Gasteiger partial charge in [0.1, 0.15) is 16.7 Å². The highest BCUT2D eigenvalue weighted by atomic mass is 32.1. The molecule has 26 heavy (non-hydrogen) atoms. The molecule has 134 valence electrons. The third kappa shape index (κ3) is 2.66. The predicted octanol–water partition coefficient (Wildman–Crippen LogP) is 3.20. The largest absolute Gasteiger partial charge is 0.480 e. The summed E-state index contributed by atoms with van der Waals surface area (Å²) in [6.45, 7) is 2.27. The molecule has 8 heteroatoms. The highest BCUT2D eigenvalue weighted by Gasteiger charge is 2.36. The number of fused-ring (bicyclic) bond motifs is 1. The summed E-state index contributed by atoms with van der Waals surface area (Å²) in [5, 5.41) is 9.30. The molecule has 3 heterocycles. The van der Waals surface area contributed by atoms with E-state index in [0.29, 0.717) is 34.9 Å². The summed E-state index contributed by atoms with van der Waals surface area (Å²) in [4.78, 5) is 31.3. The summed E-state index contributed by atoms with van der Waals surface area (Å²) in [6, 6.07) is 5.31. The fourth-order valence-corrected chi connectivity index (χ4v) is 4.37. The molecule has 0 bridgehead atoms. The number of rotatable bonds is 3. The number of aryl methyl sites for hydroxylation is 1. The third-order valence-corrected chi connectivity index (χ3v) is 5.83. The SMILES string of the molecule is Cc1c(C(=O)N2CCCC2C(=O)O)sc2nc(-c3ccc(F)cc3)cn12. The van der Waals surface area contributed by atoms with Crippen LogP contribution >= 0.6 is 11.3 Å². The lowest BCUT2D eigenvalue weighted by molar-refractivity contribution is -0.141. The summed E-state index contributed by atoms with van der Waals surface area (Å²) in [7, 11) is 0. The highest BCUT2D eigenvalue weighted by molar-refractivity contribution is 7.19. The molecule has 1 saturated heterocycles. The van der Waals surface area contributed by atoms with Crippen molar-refractivity contribution >= 4 is 28.2 Å². The number of benzene rings is 1. The number of carboxylic acid groups (broad SMARTS) is 1. The molecular formula is C18H16FN3O3S. The predicted molar refractivity (Wildman–Crippen MR) is 94.9 cm³/mol. The van der Waals surface area contributed by atoms with Crippen LogP contribution in [-0.2, 0) is 4.79 Å². The average Bonchev–Trinajstić information content (AvgIpc) is 3.31. The number of nitrogens with zero attached hydrogens (tertiary/aromatic N) is 3. The van der Waals surface area contributed by atoms with Crippen molar-refractivity contribution in [2.24, 2.45) is 0 Å². The number of aromatic nitrogens is 2. The first-order chi connectivity index (χ1) is 12.5. The number of carbonyl (C=O) groups excluding carboxylic acids is 1. The van der Waals surface area contributed by atoms with Crippen molar-refractivity contribution in [1.29, 1.82) is 0 Å². The first kappa shape index (κ1) is 16.7. The molecule has 0 spiro atoms. The maximum atomic E-state index is 13.1. The first-order valence-electron chi connectivity index (χ1n) is 8.24. The Kier molecular flexibility index (Phi) is 3.99. The van der Waals surface area contributed by atoms with E-state index in [1.165, 1.54) is 28.4 Å². The minimum atomic E-state index is -0.964. The molecule has 2 aromatic heterocycles. The van der Waals surface area contributed by atoms with E-state index in [2.05, 4.69) is 4.98 Å². The summed E-state index contributed by atoms with van der Waals surface area (Å²) < 4.78 is 14.9. The summed E-state index contributed by atoms with van der Waals surface area (Å²) in [6.07, 6.45) is 2.99. The fourth-order valence-electron chi connectivity index (χ4n) is 3.31. The maximum Gasteiger partial charge on any atom is 0.326 e. The number of hydrogen-bond acceptors (Lipinski definition) is 4. The van der Waals surface area contributed by atoms with Gasteiger partial charge in [-0.25, -0.2) is 14.2 Å². The molecule has 0 saturated carbocycles. The van der Waals surface area contributed by atoms with Crippen LogP contribution in [0.3, 0.4) is 0 Å². The molecule has 1 N–H and O–H groups in total. The Balaban J connectivity index is 1.68. The number of halogens is 1. The lowest BCUT2D eigenvalue weighted by Gasteiger charge is -2.20. The van der Waals surface area contributed by atoms with E-state index in [1.807, 2.05) is 17.5 Å². The summed E-state index contributed by atoms with van der Waals surface area (Å²) in [5.41, 5.74) is 2.22. The number of thiazole rings is 1. The molecule has 1 amide bonds. The second kappa shape index (κ2) is 6.21. The molecule has 4 rings (SSSR count). The molecule has 1 aromatic carbocycles. The van der Waals surface area contributed by atoms with Crippen molar-refractivity contribution < 1.29 is 19.1 Å². The van der Waals surface area contributed by atoms with Crippen LogP contribution in [0.15, 0.2) is 30.5 Å². The third-order valence-electron chi connectivity index (χ3n) is 4.69. The van der Waals surface area contributed by atoms with Gasteiger partial charge in [-0.2, -0.15) is 0 Å². The van der Waals surface area contributed by atoms with Crippen LogP contribution in [-0.4, -0.2) is 43.9 Å². The summed E-state index contributed by atoms with van der Waals surface area (Å²) >= 11 is 1.24. The van der Waals surface area contributed by atoms with E-state index < -0.39 is 12.0 Å². The molecule has 6 nitrogen and oxygen atoms in total. The molecular weight excluding hydrogens is 357 g/mol. The molecule has 0 radical (unpaired) electrons. The van der Waals surface area contributed by atoms with Gasteiger partial charge in [0.15, 0.2) is 4.96 Å². The molecule has 1 fully saturated rings. The van der Waals surface area contributed by atoms with Crippen molar-refractivity contribution in [2.45, 2.75) is 25.8 Å². The van der Waals surface area contributed by atoms with E-state index in [0.717, 1.165) is 11.3 Å². The number of carboxylic acids is 1. The Labute approximate surface area is 152 Å². The van der Waals surface area contributed by atoms with E-state index in [9.17, 15) is 19.1 Å². The lowest BCUT2D eigenvalue weighted by Crippen LogP contribution is -2.40. The van der Waals surface area contributed by atoms with E-state index >= 15 is 0 Å². The van der Waals surface area contributed by atoms with Gasteiger partial charge in [0.25, 0.3) is 5.91 Å². The number of aliphatic carboxylic acids is 1. The fraction of sp³-hybridized carbons (Fsp3) is 0.278. The van der Waals surface area contributed by atoms with Gasteiger partial charge in [0, 0.05) is 24.0 Å². The molecule has 1 aliphatic rings. The monoisotopic (exact) mass is 373 g/mol. The Morgan fingerprint density at radius 2 is 2.04 bits per heavy atom. The molecule has 3 aromatic rings. The first-order valence-corrected chi connectivity index (χ1v) is 9.05. The zero-order chi connectivity index (χ0) is 18.4. The Morgan fingerprint density at radius 3 is 2.69 bits per heavy atom. The van der Waals surface area contributed by atoms with Crippen molar-refractivity contribution in [1.82, 2.24) is 14.3 Å². The Hall–Kier alpha value is -2.74. The van der Waals surface area contributed by atoms with Crippen molar-refractivity contribution in [3.05, 3.63) is 46.9 Å². The standard InChI is InChI=1S/C18H16FN3O3S/c1-10-15(16(23)21-8-2-3-14(21)17(24)25)26-18-20-13(9-22(10)18)11-4-6-12(19)7-5-11/h4-7,9,14H,2-3,8H2,1H3,(H,24,25). The van der Waals surface area contributed by atoms with Crippen LogP contribution in [0.5, 0.6) is 0 Å². The van der Waals surface area contributed by atoms with Crippen molar-refractivity contribution in [3.63, 3.8) is 0 Å². The van der Waals surface area contributed by atoms with Gasteiger partial charge in [-0.3, -0.25) is 9.20 Å². The summed E-state index contributed by atoms with van der Waals surface area (Å²) in [5.74, 6) is -1.53. The number of amides is 1. The van der Waals surface area contributed by atoms with Crippen LogP contribution in [0.1, 0.15) is 28.2 Å². The van der Waals surface area contributed by atoms with Gasteiger partial charge in [-0.1, -0.05) is 11.3 Å². The highest BCUT2D eigenvalue weighted by Crippen LogP contribution is 2.30. The van der Waals surface area contributed by atoms with Gasteiger partial charge < -0.3 is 10.0 Å². The number of hydrogen-bond donors (Lipinski definition) is 1. The minimum Gasteiger partial charge on any atom is -0.480 e. The lowest BCUT2D eigenvalue weighted by atomic mass is 10.2. The van der Waals surface area contributed by atoms with Gasteiger partial charge in [-0.15, -0.1) is 0 Å². The van der Waals surface area contributed by atoms with E-state index in [1.54, 1.807) is 12.1 Å². The number of likely N-dealkylation sites (tertiary alicyclic amines) is 1. The van der Waals surface area contributed by atoms with Gasteiger partial charge >= 0.3 is 5.97 Å². The molecule has 0 aliphatic carbocycles. The number of imidazole rings is 1. The second-order valence-electron chi connectivity index (χ2n) is 6.30. The molecule has 1 atom stereocenters. The maximum absolute atomic E-state index is 13.1. The van der Waals surface area contributed by atoms with E-state index in [-0.39, 0.29) is 11.7 Å². The van der Waals surface area contributed by atoms with Gasteiger partial charge in [-0.05, 0) is 44.0 Å². The van der Waals surface area contributed by atoms with Crippen LogP contribution in [0.25, 0.3) is 16.2 Å². The quantitative estimate of drug-likeness (QED) is 0.765. The van der Waals surface area contributed by atoms with Crippen molar-refractivity contribution in [3.8, 4) is 11.3 Å². The number of carbonyl (C=O) groups is 2. The topological polar surface area (TPSA) is 74.9 Å². The van der Waals surface area contributed by atoms with Crippen LogP contribution in [0.4, 0.5) is 4.39 Å². The zero-order valence-corrected chi connectivity index (χ0v) is 14.8.